The fraction of sp³-hybridized carbons (Fsp3) is 0.756. The Hall–Kier alpha value is -1.80. The summed E-state index contributed by atoms with van der Waals surface area (Å²) in [5.74, 6) is -0.344. The zero-order valence-electron chi connectivity index (χ0n) is 34.7. The molecule has 0 aliphatic rings. The number of rotatable bonds is 41. The van der Waals surface area contributed by atoms with Crippen LogP contribution in [0.5, 0.6) is 0 Å². The second kappa shape index (κ2) is 42.3. The molecule has 3 N–H and O–H groups in total. The Morgan fingerprint density at radius 1 is 0.574 bits per heavy atom. The third-order valence-corrected chi connectivity index (χ3v) is 9.90. The van der Waals surface area contributed by atoms with E-state index in [1.807, 2.05) is 0 Å². The molecular weight excluding hydrogens is 697 g/mol. The molecule has 9 heteroatoms. The number of nitrogens with two attached hydrogens (primary N) is 1. The van der Waals surface area contributed by atoms with Gasteiger partial charge in [-0.3, -0.25) is 13.8 Å². The van der Waals surface area contributed by atoms with Gasteiger partial charge in [0, 0.05) is 19.6 Å². The molecule has 0 aliphatic carbocycles. The fourth-order valence-electron chi connectivity index (χ4n) is 5.73. The molecule has 2 unspecified atom stereocenters. The van der Waals surface area contributed by atoms with Gasteiger partial charge in [-0.25, -0.2) is 4.57 Å². The topological polar surface area (TPSA) is 117 Å². The molecule has 0 amide bonds. The maximum atomic E-state index is 12.5. The number of unbranched alkanes of at least 4 members (excludes halogenated alkanes) is 18. The minimum atomic E-state index is -4.28. The van der Waals surface area contributed by atoms with Gasteiger partial charge in [0.25, 0.3) is 0 Å². The number of allylic oxidation sites excluding steroid dienone is 10. The third kappa shape index (κ3) is 41.4. The highest BCUT2D eigenvalue weighted by atomic mass is 31.2. The lowest BCUT2D eigenvalue weighted by molar-refractivity contribution is -0.154. The van der Waals surface area contributed by atoms with Gasteiger partial charge in [0.15, 0.2) is 0 Å². The summed E-state index contributed by atoms with van der Waals surface area (Å²) in [4.78, 5) is 22.4. The van der Waals surface area contributed by atoms with Gasteiger partial charge in [-0.15, -0.1) is 0 Å². The minimum absolute atomic E-state index is 0.0965. The van der Waals surface area contributed by atoms with Crippen LogP contribution in [0.3, 0.4) is 0 Å². The van der Waals surface area contributed by atoms with Crippen LogP contribution < -0.4 is 5.73 Å². The molecule has 314 valence electrons. The predicted octanol–water partition coefficient (Wildman–Crippen LogP) is 13.0. The van der Waals surface area contributed by atoms with Crippen molar-refractivity contribution in [3.05, 3.63) is 60.8 Å². The molecule has 0 aliphatic heterocycles. The third-order valence-electron chi connectivity index (χ3n) is 8.92. The molecule has 54 heavy (non-hydrogen) atoms. The van der Waals surface area contributed by atoms with Crippen LogP contribution in [0.1, 0.15) is 181 Å². The first-order valence-electron chi connectivity index (χ1n) is 21.8. The average Bonchev–Trinajstić information content (AvgIpc) is 3.16. The van der Waals surface area contributed by atoms with E-state index in [0.717, 1.165) is 70.6 Å². The van der Waals surface area contributed by atoms with E-state index in [2.05, 4.69) is 74.6 Å². The van der Waals surface area contributed by atoms with E-state index in [0.29, 0.717) is 13.0 Å². The van der Waals surface area contributed by atoms with Gasteiger partial charge in [-0.2, -0.15) is 0 Å². The first-order valence-corrected chi connectivity index (χ1v) is 23.3. The maximum absolute atomic E-state index is 12.5. The van der Waals surface area contributed by atoms with Crippen LogP contribution in [-0.2, 0) is 27.9 Å². The number of phosphoric ester groups is 1. The summed E-state index contributed by atoms with van der Waals surface area (Å²) in [5, 5.41) is 0. The van der Waals surface area contributed by atoms with E-state index in [1.165, 1.54) is 89.9 Å². The number of esters is 1. The summed E-state index contributed by atoms with van der Waals surface area (Å²) >= 11 is 0. The SMILES string of the molecule is CC/C=C\C/C=C\C/C=C\C/C=C\CCCCCCCCCCCCCOCC(COP(=O)(O)OCCN)OC(=O)CCCCCCC/C=C\CCCC. The van der Waals surface area contributed by atoms with Crippen molar-refractivity contribution < 1.29 is 32.8 Å². The van der Waals surface area contributed by atoms with Gasteiger partial charge < -0.3 is 20.1 Å². The quantitative estimate of drug-likeness (QED) is 0.0273. The fourth-order valence-corrected chi connectivity index (χ4v) is 6.50. The van der Waals surface area contributed by atoms with Crippen LogP contribution in [0.25, 0.3) is 0 Å². The van der Waals surface area contributed by atoms with E-state index in [-0.39, 0.29) is 32.3 Å². The molecule has 0 rings (SSSR count). The summed E-state index contributed by atoms with van der Waals surface area (Å²) in [6.07, 6.45) is 51.0. The molecule has 0 bridgehead atoms. The van der Waals surface area contributed by atoms with Gasteiger partial charge >= 0.3 is 13.8 Å². The van der Waals surface area contributed by atoms with Gasteiger partial charge in [0.2, 0.25) is 0 Å². The van der Waals surface area contributed by atoms with Gasteiger partial charge in [-0.05, 0) is 70.6 Å². The molecule has 0 aromatic heterocycles. The normalized spacial score (nSPS) is 14.1. The Balaban J connectivity index is 3.95. The van der Waals surface area contributed by atoms with Crippen molar-refractivity contribution in [1.29, 1.82) is 0 Å². The number of hydrogen-bond acceptors (Lipinski definition) is 7. The lowest BCUT2D eigenvalue weighted by Gasteiger charge is -2.20. The molecule has 2 atom stereocenters. The van der Waals surface area contributed by atoms with Crippen molar-refractivity contribution >= 4 is 13.8 Å². The van der Waals surface area contributed by atoms with Crippen molar-refractivity contribution in [1.82, 2.24) is 0 Å². The summed E-state index contributed by atoms with van der Waals surface area (Å²) in [6, 6.07) is 0. The Morgan fingerprint density at radius 2 is 1.04 bits per heavy atom. The Morgan fingerprint density at radius 3 is 1.57 bits per heavy atom. The van der Waals surface area contributed by atoms with E-state index < -0.39 is 13.9 Å². The molecule has 8 nitrogen and oxygen atoms in total. The monoisotopic (exact) mass is 780 g/mol. The smallest absolute Gasteiger partial charge is 0.457 e. The van der Waals surface area contributed by atoms with Crippen LogP contribution in [0.15, 0.2) is 60.8 Å². The number of ether oxygens (including phenoxy) is 2. The zero-order chi connectivity index (χ0) is 39.5. The maximum Gasteiger partial charge on any atom is 0.472 e. The average molecular weight is 780 g/mol. The Bertz CT molecular complexity index is 1010. The highest BCUT2D eigenvalue weighted by Crippen LogP contribution is 2.43. The van der Waals surface area contributed by atoms with E-state index >= 15 is 0 Å². The number of hydrogen-bond donors (Lipinski definition) is 2. The van der Waals surface area contributed by atoms with Gasteiger partial charge in [0.05, 0.1) is 19.8 Å². The molecule has 0 saturated carbocycles. The van der Waals surface area contributed by atoms with Crippen molar-refractivity contribution in [3.63, 3.8) is 0 Å². The molecule has 0 aromatic rings. The molecule has 0 fully saturated rings. The Kier molecular flexibility index (Phi) is 40.9. The van der Waals surface area contributed by atoms with Gasteiger partial charge in [-0.1, -0.05) is 164 Å². The zero-order valence-corrected chi connectivity index (χ0v) is 35.6. The second-order valence-electron chi connectivity index (χ2n) is 14.2. The molecule has 0 aromatic carbocycles. The summed E-state index contributed by atoms with van der Waals surface area (Å²) in [6.45, 7) is 4.75. The molecule has 0 radical (unpaired) electrons. The summed E-state index contributed by atoms with van der Waals surface area (Å²) < 4.78 is 33.4. The summed E-state index contributed by atoms with van der Waals surface area (Å²) in [7, 11) is -4.28. The van der Waals surface area contributed by atoms with Crippen molar-refractivity contribution in [2.45, 2.75) is 187 Å². The molecule has 0 saturated heterocycles. The number of carbonyl (C=O) groups excluding carboxylic acids is 1. The van der Waals surface area contributed by atoms with Crippen molar-refractivity contribution in [2.75, 3.05) is 33.0 Å². The standard InChI is InChI=1S/C45H82NO7P/c1-3-5-7-9-11-13-15-16-17-18-19-20-21-22-23-24-25-26-27-29-31-33-35-37-40-50-42-44(43-52-54(48,49)51-41-39-46)53-45(47)38-36-34-32-30-28-14-12-10-8-6-4-2/h5,7,10-13,16-17,19-20,44H,3-4,6,8-9,14-15,18,21-43,46H2,1-2H3,(H,48,49)/b7-5-,12-10-,13-11-,17-16-,20-19-. The van der Waals surface area contributed by atoms with E-state index in [4.69, 9.17) is 24.3 Å². The lowest BCUT2D eigenvalue weighted by Crippen LogP contribution is -2.28. The number of phosphoric acid groups is 1. The highest BCUT2D eigenvalue weighted by Gasteiger charge is 2.25. The first-order chi connectivity index (χ1) is 26.4. The van der Waals surface area contributed by atoms with Crippen molar-refractivity contribution in [2.24, 2.45) is 5.73 Å². The molecule has 0 spiro atoms. The van der Waals surface area contributed by atoms with Crippen LogP contribution in [0, 0.1) is 0 Å². The second-order valence-corrected chi connectivity index (χ2v) is 15.6. The van der Waals surface area contributed by atoms with Crippen LogP contribution in [0.4, 0.5) is 0 Å². The molecular formula is C45H82NO7P. The lowest BCUT2D eigenvalue weighted by atomic mass is 10.1. The predicted molar refractivity (Wildman–Crippen MR) is 229 cm³/mol. The van der Waals surface area contributed by atoms with Crippen LogP contribution >= 0.6 is 7.82 Å². The highest BCUT2D eigenvalue weighted by molar-refractivity contribution is 7.47. The van der Waals surface area contributed by atoms with E-state index in [9.17, 15) is 14.3 Å². The number of carbonyl (C=O) groups is 1. The minimum Gasteiger partial charge on any atom is -0.457 e. The summed E-state index contributed by atoms with van der Waals surface area (Å²) in [5.41, 5.74) is 5.36. The molecule has 0 heterocycles. The van der Waals surface area contributed by atoms with Crippen LogP contribution in [-0.4, -0.2) is 49.9 Å². The van der Waals surface area contributed by atoms with Crippen molar-refractivity contribution in [3.8, 4) is 0 Å². The van der Waals surface area contributed by atoms with Crippen LogP contribution in [0.2, 0.25) is 0 Å². The van der Waals surface area contributed by atoms with Gasteiger partial charge in [0.1, 0.15) is 6.10 Å². The Labute approximate surface area is 332 Å². The largest absolute Gasteiger partial charge is 0.472 e. The van der Waals surface area contributed by atoms with E-state index in [1.54, 1.807) is 0 Å². The first kappa shape index (κ1) is 52.2.